The summed E-state index contributed by atoms with van der Waals surface area (Å²) in [7, 11) is -1.95. The van der Waals surface area contributed by atoms with Crippen molar-refractivity contribution in [2.75, 3.05) is 25.2 Å². The number of benzene rings is 2. The van der Waals surface area contributed by atoms with Gasteiger partial charge in [-0.05, 0) is 72.6 Å². The molecule has 0 aliphatic carbocycles. The van der Waals surface area contributed by atoms with Gasteiger partial charge in [0, 0.05) is 12.1 Å². The number of hydrogen-bond acceptors (Lipinski definition) is 9. The molecule has 2 aromatic carbocycles. The number of ether oxygens (including phenoxy) is 1. The lowest BCUT2D eigenvalue weighted by Crippen LogP contribution is -2.59. The Morgan fingerprint density at radius 2 is 1.25 bits per heavy atom. The van der Waals surface area contributed by atoms with Gasteiger partial charge in [0.15, 0.2) is 0 Å². The van der Waals surface area contributed by atoms with E-state index in [1.807, 2.05) is 76.2 Å². The van der Waals surface area contributed by atoms with Crippen LogP contribution in [-0.2, 0) is 24.2 Å². The van der Waals surface area contributed by atoms with Crippen molar-refractivity contribution >= 4 is 33.8 Å². The van der Waals surface area contributed by atoms with E-state index >= 15 is 0 Å². The molecule has 16 nitrogen and oxygen atoms in total. The van der Waals surface area contributed by atoms with E-state index in [2.05, 4.69) is 25.6 Å². The predicted molar refractivity (Wildman–Crippen MR) is 224 cm³/mol. The van der Waals surface area contributed by atoms with Gasteiger partial charge in [-0.25, -0.2) is 28.0 Å². The van der Waals surface area contributed by atoms with Gasteiger partial charge in [0.05, 0.1) is 54.5 Å². The van der Waals surface area contributed by atoms with Crippen LogP contribution >= 0.6 is 0 Å². The average molecular weight is 843 g/mol. The lowest BCUT2D eigenvalue weighted by atomic mass is 9.88. The van der Waals surface area contributed by atoms with Crippen molar-refractivity contribution in [2.45, 2.75) is 95.9 Å². The number of alkyl carbamates (subject to hydrolysis) is 1. The zero-order valence-electron chi connectivity index (χ0n) is 34.6. The number of carboxylic acid groups (broad SMARTS) is 1. The molecular formula is C43H54N8O8S. The maximum Gasteiger partial charge on any atom is 0.407 e. The number of hydrogen-bond donors (Lipinski definition) is 5. The van der Waals surface area contributed by atoms with Crippen LogP contribution in [0, 0.1) is 11.8 Å². The number of aromatic nitrogens is 4. The van der Waals surface area contributed by atoms with Crippen LogP contribution in [0.1, 0.15) is 90.0 Å². The summed E-state index contributed by atoms with van der Waals surface area (Å²) >= 11 is 0. The van der Waals surface area contributed by atoms with Crippen molar-refractivity contribution in [2.24, 2.45) is 11.8 Å². The molecule has 1 spiro atoms. The van der Waals surface area contributed by atoms with E-state index in [9.17, 15) is 32.7 Å². The van der Waals surface area contributed by atoms with Crippen molar-refractivity contribution in [1.29, 1.82) is 0 Å². The van der Waals surface area contributed by atoms with Gasteiger partial charge < -0.3 is 40.2 Å². The third-order valence-electron chi connectivity index (χ3n) is 12.4. The second-order valence-electron chi connectivity index (χ2n) is 16.9. The van der Waals surface area contributed by atoms with E-state index in [0.29, 0.717) is 43.9 Å². The molecule has 60 heavy (non-hydrogen) atoms. The number of carbonyl (C=O) groups is 4. The fraction of sp³-hybridized carbons (Fsp3) is 0.488. The molecule has 3 aliphatic heterocycles. The molecule has 1 unspecified atom stereocenters. The molecule has 0 saturated carbocycles. The number of H-pyrrole nitrogens is 2. The Bertz CT molecular complexity index is 2310. The zero-order chi connectivity index (χ0) is 42.9. The number of rotatable bonds is 11. The Balaban J connectivity index is 1.05. The number of carbonyl (C=O) groups excluding carboxylic acids is 3. The molecule has 4 aromatic rings. The first kappa shape index (κ1) is 42.4. The monoisotopic (exact) mass is 842 g/mol. The molecule has 4 amide bonds. The smallest absolute Gasteiger partial charge is 0.407 e. The number of nitrogens with zero attached hydrogens (tertiary/aromatic N) is 4. The van der Waals surface area contributed by atoms with E-state index < -0.39 is 45.7 Å². The van der Waals surface area contributed by atoms with Crippen LogP contribution in [0.3, 0.4) is 0 Å². The Hall–Kier alpha value is -5.71. The number of likely N-dealkylation sites (tertiary alicyclic amines) is 2. The van der Waals surface area contributed by atoms with Crippen LogP contribution in [0.2, 0.25) is 0 Å². The molecule has 4 atom stereocenters. The van der Waals surface area contributed by atoms with Gasteiger partial charge in [-0.1, -0.05) is 76.2 Å². The summed E-state index contributed by atoms with van der Waals surface area (Å²) in [5.41, 5.74) is 4.76. The number of amides is 4. The highest BCUT2D eigenvalue weighted by Gasteiger charge is 2.54. The van der Waals surface area contributed by atoms with E-state index in [1.165, 1.54) is 7.11 Å². The second-order valence-corrected chi connectivity index (χ2v) is 19.2. The zero-order valence-corrected chi connectivity index (χ0v) is 35.4. The van der Waals surface area contributed by atoms with Gasteiger partial charge in [-0.15, -0.1) is 0 Å². The third kappa shape index (κ3) is 8.62. The van der Waals surface area contributed by atoms with Crippen LogP contribution in [-0.4, -0.2) is 110 Å². The Labute approximate surface area is 349 Å². The van der Waals surface area contributed by atoms with Crippen LogP contribution in [0.25, 0.3) is 33.6 Å². The number of sulfone groups is 1. The number of nitrogens with one attached hydrogen (secondary N) is 4. The van der Waals surface area contributed by atoms with Crippen LogP contribution in [0.15, 0.2) is 60.9 Å². The highest BCUT2D eigenvalue weighted by atomic mass is 32.2. The topological polar surface area (TPSA) is 220 Å². The fourth-order valence-corrected chi connectivity index (χ4v) is 10.6. The Kier molecular flexibility index (Phi) is 12.1. The van der Waals surface area contributed by atoms with Crippen molar-refractivity contribution in [3.63, 3.8) is 0 Å². The van der Waals surface area contributed by atoms with Gasteiger partial charge in [-0.2, -0.15) is 0 Å². The minimum atomic E-state index is -3.20. The summed E-state index contributed by atoms with van der Waals surface area (Å²) < 4.78 is 29.8. The molecule has 5 heterocycles. The minimum Gasteiger partial charge on any atom is -0.465 e. The summed E-state index contributed by atoms with van der Waals surface area (Å²) in [4.78, 5) is 71.2. The Morgan fingerprint density at radius 3 is 1.75 bits per heavy atom. The van der Waals surface area contributed by atoms with Crippen molar-refractivity contribution < 1.29 is 37.4 Å². The first-order chi connectivity index (χ1) is 28.6. The van der Waals surface area contributed by atoms with Crippen LogP contribution < -0.4 is 10.6 Å². The first-order valence-corrected chi connectivity index (χ1v) is 22.4. The summed E-state index contributed by atoms with van der Waals surface area (Å²) in [6.45, 7) is 7.88. The molecule has 3 fully saturated rings. The van der Waals surface area contributed by atoms with E-state index in [1.54, 1.807) is 22.2 Å². The standard InChI is InChI=1S/C43H54N8O8S/c1-25(2)35(48-41(54)55)39(52)50-20-6-7-33(50)37-44-23-31(46-37)29-12-8-27(9-13-29)28-10-14-30(15-11-28)32-24-45-38(47-32)34-16-17-43(18-21-60(57,58)22-19-43)51(34)40(53)36(26(3)4)49-42(56)59-5/h8-15,23-26,33-36,48H,6-7,16-22H2,1-5H3,(H,44,46)(H,45,47)(H,49,56)(H,54,55)/t33-,34?,35-,36-/m0/s1. The first-order valence-electron chi connectivity index (χ1n) is 20.6. The molecular weight excluding hydrogens is 789 g/mol. The highest BCUT2D eigenvalue weighted by molar-refractivity contribution is 7.91. The third-order valence-corrected chi connectivity index (χ3v) is 14.0. The minimum absolute atomic E-state index is 0.00136. The molecule has 17 heteroatoms. The van der Waals surface area contributed by atoms with Crippen molar-refractivity contribution in [3.8, 4) is 33.6 Å². The average Bonchev–Trinajstić information content (AvgIpc) is 4.06. The normalized spacial score (nSPS) is 20.6. The lowest BCUT2D eigenvalue weighted by molar-refractivity contribution is -0.142. The molecule has 0 bridgehead atoms. The lowest BCUT2D eigenvalue weighted by Gasteiger charge is -2.45. The largest absolute Gasteiger partial charge is 0.465 e. The van der Waals surface area contributed by atoms with Crippen molar-refractivity contribution in [1.82, 2.24) is 40.4 Å². The molecule has 2 aromatic heterocycles. The number of imidazole rings is 2. The second kappa shape index (κ2) is 17.1. The maximum atomic E-state index is 14.4. The van der Waals surface area contributed by atoms with Gasteiger partial charge in [0.1, 0.15) is 33.6 Å². The molecule has 320 valence electrons. The fourth-order valence-electron chi connectivity index (χ4n) is 9.02. The number of methoxy groups -OCH3 is 1. The SMILES string of the molecule is COC(=O)N[C@H](C(=O)N1C(c2ncc(-c3ccc(-c4ccc(-c5cnc([C@@H]6CCCN6C(=O)[C@@H](NC(=O)O)C(C)C)[nH]5)cc4)cc3)[nH]2)CCC12CCS(=O)(=O)CC2)C(C)C. The van der Waals surface area contributed by atoms with Crippen LogP contribution in [0.4, 0.5) is 9.59 Å². The predicted octanol–water partition coefficient (Wildman–Crippen LogP) is 6.08. The van der Waals surface area contributed by atoms with Gasteiger partial charge in [0.25, 0.3) is 0 Å². The summed E-state index contributed by atoms with van der Waals surface area (Å²) in [5.74, 6) is 0.301. The van der Waals surface area contributed by atoms with E-state index in [-0.39, 0.29) is 41.2 Å². The molecule has 0 radical (unpaired) electrons. The molecule has 3 saturated heterocycles. The van der Waals surface area contributed by atoms with E-state index in [4.69, 9.17) is 9.72 Å². The molecule has 5 N–H and O–H groups in total. The quantitative estimate of drug-likeness (QED) is 0.117. The number of aromatic amines is 2. The van der Waals surface area contributed by atoms with Crippen LogP contribution in [0.5, 0.6) is 0 Å². The van der Waals surface area contributed by atoms with Gasteiger partial charge in [0.2, 0.25) is 11.8 Å². The van der Waals surface area contributed by atoms with Gasteiger partial charge >= 0.3 is 12.2 Å². The summed E-state index contributed by atoms with van der Waals surface area (Å²) in [6, 6.07) is 13.8. The summed E-state index contributed by atoms with van der Waals surface area (Å²) in [6.07, 6.45) is 4.99. The van der Waals surface area contributed by atoms with E-state index in [0.717, 1.165) is 46.5 Å². The molecule has 7 rings (SSSR count). The summed E-state index contributed by atoms with van der Waals surface area (Å²) in [5, 5.41) is 14.4. The molecule has 3 aliphatic rings. The van der Waals surface area contributed by atoms with Crippen molar-refractivity contribution in [3.05, 3.63) is 72.6 Å². The highest BCUT2D eigenvalue weighted by Crippen LogP contribution is 2.48. The Morgan fingerprint density at radius 1 is 0.750 bits per heavy atom. The van der Waals surface area contributed by atoms with Gasteiger partial charge in [-0.3, -0.25) is 9.59 Å². The maximum absolute atomic E-state index is 14.4.